The fourth-order valence-corrected chi connectivity index (χ4v) is 2.42. The standard InChI is InChI=1S/C15H14N2O3/c18-17(19)12-6-7-14-13(10-12)15(16-8-9-20-14)11-4-2-1-3-5-11/h1-7,10,15-16H,8-9H2. The van der Waals surface area contributed by atoms with Crippen LogP contribution in [0.5, 0.6) is 5.75 Å². The van der Waals surface area contributed by atoms with E-state index in [0.717, 1.165) is 11.1 Å². The topological polar surface area (TPSA) is 64.4 Å². The lowest BCUT2D eigenvalue weighted by Crippen LogP contribution is -2.23. The summed E-state index contributed by atoms with van der Waals surface area (Å²) in [5, 5.41) is 14.3. The summed E-state index contributed by atoms with van der Waals surface area (Å²) in [4.78, 5) is 10.6. The Hall–Kier alpha value is -2.40. The number of nitro groups is 1. The van der Waals surface area contributed by atoms with Crippen LogP contribution in [0, 0.1) is 10.1 Å². The minimum absolute atomic E-state index is 0.0805. The van der Waals surface area contributed by atoms with Gasteiger partial charge in [-0.15, -0.1) is 0 Å². The summed E-state index contributed by atoms with van der Waals surface area (Å²) in [6.07, 6.45) is 0. The first-order valence-corrected chi connectivity index (χ1v) is 6.45. The largest absolute Gasteiger partial charge is 0.492 e. The zero-order valence-corrected chi connectivity index (χ0v) is 10.8. The maximum Gasteiger partial charge on any atom is 0.270 e. The highest BCUT2D eigenvalue weighted by Crippen LogP contribution is 2.34. The second kappa shape index (κ2) is 5.30. The van der Waals surface area contributed by atoms with Crippen molar-refractivity contribution in [1.82, 2.24) is 5.32 Å². The van der Waals surface area contributed by atoms with Crippen molar-refractivity contribution in [3.63, 3.8) is 0 Å². The molecular weight excluding hydrogens is 256 g/mol. The molecule has 0 bridgehead atoms. The molecule has 2 aromatic carbocycles. The van der Waals surface area contributed by atoms with Crippen molar-refractivity contribution in [2.75, 3.05) is 13.2 Å². The van der Waals surface area contributed by atoms with Gasteiger partial charge in [0.05, 0.1) is 11.0 Å². The average Bonchev–Trinajstić information content (AvgIpc) is 2.69. The summed E-state index contributed by atoms with van der Waals surface area (Å²) in [7, 11) is 0. The smallest absolute Gasteiger partial charge is 0.270 e. The molecule has 2 aromatic rings. The number of nitrogens with zero attached hydrogens (tertiary/aromatic N) is 1. The Labute approximate surface area is 116 Å². The van der Waals surface area contributed by atoms with Crippen LogP contribution in [0.2, 0.25) is 0 Å². The van der Waals surface area contributed by atoms with Gasteiger partial charge in [-0.2, -0.15) is 0 Å². The third kappa shape index (κ3) is 2.35. The summed E-state index contributed by atoms with van der Waals surface area (Å²) in [6.45, 7) is 1.25. The van der Waals surface area contributed by atoms with Crippen LogP contribution in [0.4, 0.5) is 5.69 Å². The SMILES string of the molecule is O=[N+]([O-])c1ccc2c(c1)C(c1ccccc1)NCCO2. The number of nitrogens with one attached hydrogen (secondary N) is 1. The van der Waals surface area contributed by atoms with Gasteiger partial charge in [-0.3, -0.25) is 10.1 Å². The Morgan fingerprint density at radius 1 is 1.20 bits per heavy atom. The second-order valence-corrected chi connectivity index (χ2v) is 4.63. The molecule has 0 aromatic heterocycles. The molecule has 1 unspecified atom stereocenters. The van der Waals surface area contributed by atoms with Crippen LogP contribution in [0.15, 0.2) is 48.5 Å². The van der Waals surface area contributed by atoms with Gasteiger partial charge in [0.15, 0.2) is 0 Å². The Morgan fingerprint density at radius 2 is 2.00 bits per heavy atom. The molecule has 5 heteroatoms. The van der Waals surface area contributed by atoms with Crippen LogP contribution in [-0.2, 0) is 0 Å². The number of nitro benzene ring substituents is 1. The van der Waals surface area contributed by atoms with Gasteiger partial charge in [-0.1, -0.05) is 30.3 Å². The summed E-state index contributed by atoms with van der Waals surface area (Å²) in [6, 6.07) is 14.5. The summed E-state index contributed by atoms with van der Waals surface area (Å²) in [5.74, 6) is 0.703. The molecule has 0 fully saturated rings. The van der Waals surface area contributed by atoms with E-state index in [1.807, 2.05) is 30.3 Å². The van der Waals surface area contributed by atoms with Gasteiger partial charge in [0.25, 0.3) is 5.69 Å². The molecular formula is C15H14N2O3. The van der Waals surface area contributed by atoms with Gasteiger partial charge in [-0.25, -0.2) is 0 Å². The molecule has 102 valence electrons. The van der Waals surface area contributed by atoms with E-state index in [0.29, 0.717) is 18.9 Å². The predicted molar refractivity (Wildman–Crippen MR) is 74.9 cm³/mol. The third-order valence-electron chi connectivity index (χ3n) is 3.36. The molecule has 0 amide bonds. The van der Waals surface area contributed by atoms with Crippen molar-refractivity contribution in [3.05, 3.63) is 69.8 Å². The molecule has 1 atom stereocenters. The first-order chi connectivity index (χ1) is 9.75. The molecule has 1 aliphatic heterocycles. The second-order valence-electron chi connectivity index (χ2n) is 4.63. The molecule has 5 nitrogen and oxygen atoms in total. The van der Waals surface area contributed by atoms with Crippen molar-refractivity contribution < 1.29 is 9.66 Å². The zero-order valence-electron chi connectivity index (χ0n) is 10.8. The summed E-state index contributed by atoms with van der Waals surface area (Å²) >= 11 is 0. The van der Waals surface area contributed by atoms with Gasteiger partial charge in [-0.05, 0) is 11.6 Å². The Balaban J connectivity index is 2.10. The Kier molecular flexibility index (Phi) is 3.35. The molecule has 1 N–H and O–H groups in total. The number of ether oxygens (including phenoxy) is 1. The lowest BCUT2D eigenvalue weighted by molar-refractivity contribution is -0.384. The van der Waals surface area contributed by atoms with E-state index in [1.165, 1.54) is 6.07 Å². The van der Waals surface area contributed by atoms with E-state index in [-0.39, 0.29) is 16.7 Å². The number of rotatable bonds is 2. The fourth-order valence-electron chi connectivity index (χ4n) is 2.42. The highest BCUT2D eigenvalue weighted by atomic mass is 16.6. The van der Waals surface area contributed by atoms with Crippen molar-refractivity contribution in [3.8, 4) is 5.75 Å². The van der Waals surface area contributed by atoms with Gasteiger partial charge in [0, 0.05) is 24.2 Å². The highest BCUT2D eigenvalue weighted by Gasteiger charge is 2.23. The van der Waals surface area contributed by atoms with Gasteiger partial charge >= 0.3 is 0 Å². The molecule has 20 heavy (non-hydrogen) atoms. The monoisotopic (exact) mass is 270 g/mol. The first-order valence-electron chi connectivity index (χ1n) is 6.45. The van der Waals surface area contributed by atoms with Crippen molar-refractivity contribution >= 4 is 5.69 Å². The van der Waals surface area contributed by atoms with E-state index in [4.69, 9.17) is 4.74 Å². The van der Waals surface area contributed by atoms with Crippen molar-refractivity contribution in [2.45, 2.75) is 6.04 Å². The van der Waals surface area contributed by atoms with E-state index in [9.17, 15) is 10.1 Å². The molecule has 3 rings (SSSR count). The first kappa shape index (κ1) is 12.6. The average molecular weight is 270 g/mol. The van der Waals surface area contributed by atoms with Gasteiger partial charge < -0.3 is 10.1 Å². The number of hydrogen-bond donors (Lipinski definition) is 1. The molecule has 1 heterocycles. The van der Waals surface area contributed by atoms with E-state index in [1.54, 1.807) is 12.1 Å². The lowest BCUT2D eigenvalue weighted by Gasteiger charge is -2.17. The molecule has 1 aliphatic rings. The molecule has 0 saturated heterocycles. The van der Waals surface area contributed by atoms with E-state index < -0.39 is 0 Å². The molecule has 0 saturated carbocycles. The number of non-ortho nitro benzene ring substituents is 1. The van der Waals surface area contributed by atoms with Crippen molar-refractivity contribution in [1.29, 1.82) is 0 Å². The number of hydrogen-bond acceptors (Lipinski definition) is 4. The predicted octanol–water partition coefficient (Wildman–Crippen LogP) is 2.67. The minimum atomic E-state index is -0.382. The van der Waals surface area contributed by atoms with Crippen LogP contribution in [0.3, 0.4) is 0 Å². The number of benzene rings is 2. The normalized spacial score (nSPS) is 17.7. The zero-order chi connectivity index (χ0) is 13.9. The van der Waals surface area contributed by atoms with Crippen LogP contribution < -0.4 is 10.1 Å². The Morgan fingerprint density at radius 3 is 2.75 bits per heavy atom. The maximum atomic E-state index is 11.0. The summed E-state index contributed by atoms with van der Waals surface area (Å²) < 4.78 is 5.65. The van der Waals surface area contributed by atoms with E-state index in [2.05, 4.69) is 5.32 Å². The highest BCUT2D eigenvalue weighted by molar-refractivity contribution is 5.49. The fraction of sp³-hybridized carbons (Fsp3) is 0.200. The maximum absolute atomic E-state index is 11.0. The van der Waals surface area contributed by atoms with Crippen LogP contribution >= 0.6 is 0 Å². The molecule has 0 spiro atoms. The minimum Gasteiger partial charge on any atom is -0.492 e. The van der Waals surface area contributed by atoms with Crippen LogP contribution in [-0.4, -0.2) is 18.1 Å². The lowest BCUT2D eigenvalue weighted by atomic mass is 9.97. The number of fused-ring (bicyclic) bond motifs is 1. The summed E-state index contributed by atoms with van der Waals surface area (Å²) in [5.41, 5.74) is 1.96. The molecule has 0 radical (unpaired) electrons. The van der Waals surface area contributed by atoms with Crippen LogP contribution in [0.1, 0.15) is 17.2 Å². The van der Waals surface area contributed by atoms with Gasteiger partial charge in [0.2, 0.25) is 0 Å². The van der Waals surface area contributed by atoms with E-state index >= 15 is 0 Å². The van der Waals surface area contributed by atoms with Crippen molar-refractivity contribution in [2.24, 2.45) is 0 Å². The quantitative estimate of drug-likeness (QED) is 0.673. The Bertz CT molecular complexity index is 628. The van der Waals surface area contributed by atoms with Crippen LogP contribution in [0.25, 0.3) is 0 Å². The molecule has 0 aliphatic carbocycles. The third-order valence-corrected chi connectivity index (χ3v) is 3.36. The van der Waals surface area contributed by atoms with Gasteiger partial charge in [0.1, 0.15) is 12.4 Å².